The summed E-state index contributed by atoms with van der Waals surface area (Å²) in [6.45, 7) is 2.10. The van der Waals surface area contributed by atoms with Crippen LogP contribution in [-0.2, 0) is 0 Å². The summed E-state index contributed by atoms with van der Waals surface area (Å²) in [6, 6.07) is 14.2. The molecule has 0 bridgehead atoms. The van der Waals surface area contributed by atoms with Crippen molar-refractivity contribution >= 4 is 22.7 Å². The predicted molar refractivity (Wildman–Crippen MR) is 82.6 cm³/mol. The van der Waals surface area contributed by atoms with Crippen molar-refractivity contribution in [3.63, 3.8) is 0 Å². The third kappa shape index (κ3) is 2.47. The van der Waals surface area contributed by atoms with Crippen molar-refractivity contribution in [3.05, 3.63) is 62.6 Å². The van der Waals surface area contributed by atoms with Crippen molar-refractivity contribution in [1.29, 1.82) is 0 Å². The summed E-state index contributed by atoms with van der Waals surface area (Å²) in [4.78, 5) is 7.11. The fourth-order valence-corrected chi connectivity index (χ4v) is 3.77. The van der Waals surface area contributed by atoms with E-state index in [1.54, 1.807) is 22.7 Å². The number of rotatable bonds is 3. The summed E-state index contributed by atoms with van der Waals surface area (Å²) in [6.07, 6.45) is 0. The molecule has 0 saturated carbocycles. The van der Waals surface area contributed by atoms with E-state index in [1.807, 2.05) is 29.6 Å². The van der Waals surface area contributed by atoms with Crippen LogP contribution in [0, 0.1) is 6.92 Å². The standard InChI is InChI=1S/C15H14N2S2/c1-10-14(11-6-3-2-4-7-11)17-15(19-10)13(16)12-8-5-9-18-12/h2-9,13H,16H2,1H3. The maximum atomic E-state index is 6.28. The highest BCUT2D eigenvalue weighted by atomic mass is 32.1. The van der Waals surface area contributed by atoms with E-state index in [9.17, 15) is 0 Å². The van der Waals surface area contributed by atoms with Crippen molar-refractivity contribution in [2.45, 2.75) is 13.0 Å². The molecule has 2 heterocycles. The fraction of sp³-hybridized carbons (Fsp3) is 0.133. The average Bonchev–Trinajstić information content (AvgIpc) is 3.08. The molecule has 0 fully saturated rings. The van der Waals surface area contributed by atoms with Crippen LogP contribution in [0.3, 0.4) is 0 Å². The summed E-state index contributed by atoms with van der Waals surface area (Å²) >= 11 is 3.36. The minimum absolute atomic E-state index is 0.110. The Morgan fingerprint density at radius 1 is 1.11 bits per heavy atom. The van der Waals surface area contributed by atoms with E-state index in [2.05, 4.69) is 25.1 Å². The number of aryl methyl sites for hydroxylation is 1. The van der Waals surface area contributed by atoms with Gasteiger partial charge in [-0.2, -0.15) is 0 Å². The normalized spacial score (nSPS) is 12.5. The minimum Gasteiger partial charge on any atom is -0.318 e. The Morgan fingerprint density at radius 3 is 2.58 bits per heavy atom. The number of hydrogen-bond donors (Lipinski definition) is 1. The zero-order valence-corrected chi connectivity index (χ0v) is 12.2. The molecule has 2 nitrogen and oxygen atoms in total. The molecule has 96 valence electrons. The lowest BCUT2D eigenvalue weighted by Crippen LogP contribution is -2.09. The molecule has 1 aromatic carbocycles. The molecule has 1 unspecified atom stereocenters. The summed E-state index contributed by atoms with van der Waals surface area (Å²) in [5.41, 5.74) is 8.48. The van der Waals surface area contributed by atoms with Gasteiger partial charge in [0.15, 0.2) is 0 Å². The second-order valence-electron chi connectivity index (χ2n) is 4.32. The molecule has 2 aromatic heterocycles. The summed E-state index contributed by atoms with van der Waals surface area (Å²) in [5.74, 6) is 0. The van der Waals surface area contributed by atoms with Gasteiger partial charge in [-0.15, -0.1) is 22.7 Å². The van der Waals surface area contributed by atoms with Gasteiger partial charge in [-0.1, -0.05) is 36.4 Å². The molecule has 0 spiro atoms. The number of aromatic nitrogens is 1. The molecule has 1 atom stereocenters. The van der Waals surface area contributed by atoms with Crippen LogP contribution < -0.4 is 5.73 Å². The zero-order valence-electron chi connectivity index (χ0n) is 10.5. The molecule has 2 N–H and O–H groups in total. The van der Waals surface area contributed by atoms with Crippen LogP contribution in [0.1, 0.15) is 20.8 Å². The van der Waals surface area contributed by atoms with Crippen molar-refractivity contribution in [2.75, 3.05) is 0 Å². The molecule has 0 aliphatic carbocycles. The smallest absolute Gasteiger partial charge is 0.116 e. The summed E-state index contributed by atoms with van der Waals surface area (Å²) in [7, 11) is 0. The Bertz CT molecular complexity index is 657. The van der Waals surface area contributed by atoms with Gasteiger partial charge in [0.05, 0.1) is 11.7 Å². The third-order valence-electron chi connectivity index (χ3n) is 2.98. The Labute approximate surface area is 120 Å². The lowest BCUT2D eigenvalue weighted by atomic mass is 10.1. The second kappa shape index (κ2) is 5.25. The van der Waals surface area contributed by atoms with Crippen LogP contribution in [0.4, 0.5) is 0 Å². The van der Waals surface area contributed by atoms with Gasteiger partial charge in [-0.05, 0) is 18.4 Å². The molecule has 3 aromatic rings. The predicted octanol–water partition coefficient (Wildman–Crippen LogP) is 4.23. The van der Waals surface area contributed by atoms with E-state index < -0.39 is 0 Å². The lowest BCUT2D eigenvalue weighted by Gasteiger charge is -2.04. The van der Waals surface area contributed by atoms with Crippen LogP contribution in [-0.4, -0.2) is 4.98 Å². The molecule has 4 heteroatoms. The van der Waals surface area contributed by atoms with Gasteiger partial charge in [0.1, 0.15) is 5.01 Å². The number of nitrogens with two attached hydrogens (primary N) is 1. The molecular weight excluding hydrogens is 272 g/mol. The lowest BCUT2D eigenvalue weighted by molar-refractivity contribution is 0.879. The van der Waals surface area contributed by atoms with Gasteiger partial charge < -0.3 is 5.73 Å². The second-order valence-corrected chi connectivity index (χ2v) is 6.53. The van der Waals surface area contributed by atoms with Crippen molar-refractivity contribution in [3.8, 4) is 11.3 Å². The Hall–Kier alpha value is -1.49. The van der Waals surface area contributed by atoms with Crippen LogP contribution in [0.5, 0.6) is 0 Å². The Balaban J connectivity index is 1.98. The van der Waals surface area contributed by atoms with E-state index in [4.69, 9.17) is 10.7 Å². The highest BCUT2D eigenvalue weighted by Crippen LogP contribution is 2.33. The van der Waals surface area contributed by atoms with E-state index >= 15 is 0 Å². The highest BCUT2D eigenvalue weighted by molar-refractivity contribution is 7.13. The van der Waals surface area contributed by atoms with Crippen LogP contribution in [0.25, 0.3) is 11.3 Å². The molecule has 0 amide bonds. The maximum Gasteiger partial charge on any atom is 0.116 e. The van der Waals surface area contributed by atoms with Crippen molar-refractivity contribution in [1.82, 2.24) is 4.98 Å². The average molecular weight is 286 g/mol. The minimum atomic E-state index is -0.110. The van der Waals surface area contributed by atoms with E-state index in [0.717, 1.165) is 21.1 Å². The maximum absolute atomic E-state index is 6.28. The molecule has 19 heavy (non-hydrogen) atoms. The van der Waals surface area contributed by atoms with Crippen molar-refractivity contribution in [2.24, 2.45) is 5.73 Å². The van der Waals surface area contributed by atoms with Gasteiger partial charge in [0.25, 0.3) is 0 Å². The summed E-state index contributed by atoms with van der Waals surface area (Å²) in [5, 5.41) is 3.03. The van der Waals surface area contributed by atoms with E-state index in [1.165, 1.54) is 4.88 Å². The first-order valence-electron chi connectivity index (χ1n) is 6.07. The number of thiophene rings is 1. The number of thiazole rings is 1. The third-order valence-corrected chi connectivity index (χ3v) is 4.99. The topological polar surface area (TPSA) is 38.9 Å². The molecule has 3 rings (SSSR count). The monoisotopic (exact) mass is 286 g/mol. The Kier molecular flexibility index (Phi) is 3.46. The van der Waals surface area contributed by atoms with Gasteiger partial charge >= 0.3 is 0 Å². The van der Waals surface area contributed by atoms with Gasteiger partial charge in [-0.25, -0.2) is 4.98 Å². The number of nitrogens with zero attached hydrogens (tertiary/aromatic N) is 1. The first kappa shape index (κ1) is 12.5. The molecular formula is C15H14N2S2. The van der Waals surface area contributed by atoms with Crippen molar-refractivity contribution < 1.29 is 0 Å². The van der Waals surface area contributed by atoms with Crippen LogP contribution in [0.2, 0.25) is 0 Å². The highest BCUT2D eigenvalue weighted by Gasteiger charge is 2.17. The largest absolute Gasteiger partial charge is 0.318 e. The number of hydrogen-bond acceptors (Lipinski definition) is 4. The zero-order chi connectivity index (χ0) is 13.2. The van der Waals surface area contributed by atoms with Crippen LogP contribution >= 0.6 is 22.7 Å². The first-order valence-corrected chi connectivity index (χ1v) is 7.77. The molecule has 0 radical (unpaired) electrons. The van der Waals surface area contributed by atoms with Crippen LogP contribution in [0.15, 0.2) is 47.8 Å². The molecule has 0 saturated heterocycles. The summed E-state index contributed by atoms with van der Waals surface area (Å²) < 4.78 is 0. The van der Waals surface area contributed by atoms with Gasteiger partial charge in [-0.3, -0.25) is 0 Å². The van der Waals surface area contributed by atoms with Gasteiger partial charge in [0.2, 0.25) is 0 Å². The van der Waals surface area contributed by atoms with E-state index in [0.29, 0.717) is 0 Å². The quantitative estimate of drug-likeness (QED) is 0.782. The molecule has 0 aliphatic heterocycles. The first-order chi connectivity index (χ1) is 9.25. The molecule has 0 aliphatic rings. The van der Waals surface area contributed by atoms with Gasteiger partial charge in [0, 0.05) is 15.3 Å². The fourth-order valence-electron chi connectivity index (χ4n) is 2.00. The van der Waals surface area contributed by atoms with E-state index in [-0.39, 0.29) is 6.04 Å². The number of benzene rings is 1. The SMILES string of the molecule is Cc1sc(C(N)c2cccs2)nc1-c1ccccc1. The Morgan fingerprint density at radius 2 is 1.89 bits per heavy atom.